The molecule has 0 aliphatic carbocycles. The molecule has 97 valence electrons. The van der Waals surface area contributed by atoms with Gasteiger partial charge in [0.1, 0.15) is 12.1 Å². The Bertz CT molecular complexity index is 312. The molecule has 0 aliphatic rings. The quantitative estimate of drug-likeness (QED) is 0.319. The minimum atomic E-state index is -1.66. The molecule has 18 heavy (non-hydrogen) atoms. The van der Waals surface area contributed by atoms with Crippen LogP contribution >= 0.6 is 0 Å². The number of hydrogen-bond donors (Lipinski definition) is 5. The molecule has 0 bridgehead atoms. The minimum absolute atomic E-state index is 0. The second kappa shape index (κ2) is 9.41. The van der Waals surface area contributed by atoms with Crippen molar-refractivity contribution in [3.8, 4) is 0 Å². The Kier molecular flexibility index (Phi) is 10.4. The van der Waals surface area contributed by atoms with Crippen molar-refractivity contribution < 1.29 is 39.6 Å². The van der Waals surface area contributed by atoms with Gasteiger partial charge in [-0.15, -0.1) is 0 Å². The summed E-state index contributed by atoms with van der Waals surface area (Å²) in [5, 5.41) is 36.0. The van der Waals surface area contributed by atoms with E-state index in [-0.39, 0.29) is 51.4 Å². The average Bonchev–Trinajstić information content (AvgIpc) is 2.13. The largest absolute Gasteiger partial charge is 0.481 e. The van der Waals surface area contributed by atoms with Crippen LogP contribution in [0.3, 0.4) is 0 Å². The summed E-state index contributed by atoms with van der Waals surface area (Å²) in [6.45, 7) is 0. The average molecular weight is 288 g/mol. The normalized spacial score (nSPS) is 12.9. The van der Waals surface area contributed by atoms with Gasteiger partial charge in [-0.1, -0.05) is 0 Å². The van der Waals surface area contributed by atoms with Crippen LogP contribution < -0.4 is 5.32 Å². The van der Waals surface area contributed by atoms with Crippen LogP contribution in [0.4, 0.5) is 0 Å². The van der Waals surface area contributed by atoms with Gasteiger partial charge < -0.3 is 20.4 Å². The summed E-state index contributed by atoms with van der Waals surface area (Å²) in [4.78, 5) is 41.9. The smallest absolute Gasteiger partial charge is 0.321 e. The molecule has 0 amide bonds. The van der Waals surface area contributed by atoms with Crippen LogP contribution in [0.25, 0.3) is 0 Å². The number of carboxylic acid groups (broad SMARTS) is 4. The molecular formula is C8H11KNO8. The minimum Gasteiger partial charge on any atom is -0.481 e. The van der Waals surface area contributed by atoms with Crippen LogP contribution in [0, 0.1) is 0 Å². The van der Waals surface area contributed by atoms with Crippen LogP contribution in [0.2, 0.25) is 0 Å². The van der Waals surface area contributed by atoms with Crippen LogP contribution in [0.1, 0.15) is 12.8 Å². The third kappa shape index (κ3) is 8.55. The van der Waals surface area contributed by atoms with Gasteiger partial charge in [-0.25, -0.2) is 0 Å². The van der Waals surface area contributed by atoms with Crippen molar-refractivity contribution in [1.29, 1.82) is 0 Å². The first-order valence-electron chi connectivity index (χ1n) is 4.39. The molecule has 0 saturated heterocycles. The van der Waals surface area contributed by atoms with E-state index >= 15 is 0 Å². The number of carbonyl (C=O) groups is 4. The van der Waals surface area contributed by atoms with E-state index in [2.05, 4.69) is 0 Å². The summed E-state index contributed by atoms with van der Waals surface area (Å²) in [6.07, 6.45) is -1.70. The molecule has 1 radical (unpaired) electrons. The zero-order valence-electron chi connectivity index (χ0n) is 9.49. The predicted octanol–water partition coefficient (Wildman–Crippen LogP) is -1.95. The first-order chi connectivity index (χ1) is 7.73. The predicted molar refractivity (Wildman–Crippen MR) is 56.2 cm³/mol. The van der Waals surface area contributed by atoms with Gasteiger partial charge in [0.25, 0.3) is 0 Å². The first kappa shape index (κ1) is 19.8. The molecule has 10 heteroatoms. The molecule has 9 nitrogen and oxygen atoms in total. The standard InChI is InChI=1S/C8H11NO8.K/c10-5(11)1-3(7(14)15)9-4(8(16)17)2-6(12)13;/h3-4,9H,1-2H2,(H,10,11)(H,12,13)(H,14,15)(H,16,17);. The maximum atomic E-state index is 10.6. The summed E-state index contributed by atoms with van der Waals surface area (Å²) < 4.78 is 0. The fourth-order valence-electron chi connectivity index (χ4n) is 1.03. The van der Waals surface area contributed by atoms with Crippen molar-refractivity contribution in [2.24, 2.45) is 0 Å². The molecule has 0 heterocycles. The van der Waals surface area contributed by atoms with Gasteiger partial charge in [-0.2, -0.15) is 0 Å². The maximum absolute atomic E-state index is 10.6. The Morgan fingerprint density at radius 1 is 0.778 bits per heavy atom. The second-order valence-electron chi connectivity index (χ2n) is 3.14. The number of aliphatic carboxylic acids is 4. The Balaban J connectivity index is 0. The molecule has 0 fully saturated rings. The Morgan fingerprint density at radius 3 is 1.22 bits per heavy atom. The van der Waals surface area contributed by atoms with E-state index in [9.17, 15) is 19.2 Å². The van der Waals surface area contributed by atoms with E-state index < -0.39 is 48.8 Å². The van der Waals surface area contributed by atoms with Gasteiger partial charge in [0.15, 0.2) is 0 Å². The summed E-state index contributed by atoms with van der Waals surface area (Å²) in [7, 11) is 0. The van der Waals surface area contributed by atoms with Crippen LogP contribution in [0.15, 0.2) is 0 Å². The first-order valence-corrected chi connectivity index (χ1v) is 4.39. The Morgan fingerprint density at radius 2 is 1.06 bits per heavy atom. The number of carboxylic acids is 4. The molecular weight excluding hydrogens is 277 g/mol. The van der Waals surface area contributed by atoms with Crippen molar-refractivity contribution in [1.82, 2.24) is 5.32 Å². The molecule has 2 unspecified atom stereocenters. The van der Waals surface area contributed by atoms with E-state index in [1.165, 1.54) is 0 Å². The van der Waals surface area contributed by atoms with Crippen molar-refractivity contribution in [2.45, 2.75) is 24.9 Å². The third-order valence-electron chi connectivity index (χ3n) is 1.76. The summed E-state index contributed by atoms with van der Waals surface area (Å²) in [5.74, 6) is -6.01. The van der Waals surface area contributed by atoms with Crippen molar-refractivity contribution >= 4 is 75.3 Å². The van der Waals surface area contributed by atoms with Gasteiger partial charge in [-0.05, 0) is 0 Å². The van der Waals surface area contributed by atoms with E-state index in [1.54, 1.807) is 0 Å². The van der Waals surface area contributed by atoms with Crippen molar-refractivity contribution in [2.75, 3.05) is 0 Å². The zero-order chi connectivity index (χ0) is 13.6. The maximum Gasteiger partial charge on any atom is 0.321 e. The summed E-state index contributed by atoms with van der Waals surface area (Å²) in [6, 6.07) is -3.32. The SMILES string of the molecule is O=C(O)CC(NC(CC(=O)O)C(=O)O)C(=O)O.[K]. The van der Waals surface area contributed by atoms with Gasteiger partial charge in [0.2, 0.25) is 0 Å². The van der Waals surface area contributed by atoms with Gasteiger partial charge >= 0.3 is 23.9 Å². The molecule has 0 aromatic rings. The number of rotatable bonds is 8. The number of hydrogen-bond acceptors (Lipinski definition) is 5. The van der Waals surface area contributed by atoms with Gasteiger partial charge in [0.05, 0.1) is 12.8 Å². The van der Waals surface area contributed by atoms with Crippen LogP contribution in [-0.2, 0) is 19.2 Å². The second-order valence-corrected chi connectivity index (χ2v) is 3.14. The Labute approximate surface area is 144 Å². The van der Waals surface area contributed by atoms with Crippen molar-refractivity contribution in [3.63, 3.8) is 0 Å². The topological polar surface area (TPSA) is 161 Å². The van der Waals surface area contributed by atoms with Crippen LogP contribution in [-0.4, -0.2) is 108 Å². The Hall–Kier alpha value is -0.524. The summed E-state index contributed by atoms with van der Waals surface area (Å²) in [5.41, 5.74) is 0. The van der Waals surface area contributed by atoms with Gasteiger partial charge in [-0.3, -0.25) is 24.5 Å². The van der Waals surface area contributed by atoms with E-state index in [1.807, 2.05) is 5.32 Å². The zero-order valence-corrected chi connectivity index (χ0v) is 12.6. The van der Waals surface area contributed by atoms with E-state index in [4.69, 9.17) is 20.4 Å². The molecule has 0 aromatic heterocycles. The van der Waals surface area contributed by atoms with Crippen molar-refractivity contribution in [3.05, 3.63) is 0 Å². The van der Waals surface area contributed by atoms with E-state index in [0.717, 1.165) is 0 Å². The summed E-state index contributed by atoms with van der Waals surface area (Å²) >= 11 is 0. The fraction of sp³-hybridized carbons (Fsp3) is 0.500. The molecule has 0 spiro atoms. The van der Waals surface area contributed by atoms with Gasteiger partial charge in [0, 0.05) is 51.4 Å². The molecule has 0 rings (SSSR count). The molecule has 0 saturated carbocycles. The molecule has 0 aliphatic heterocycles. The van der Waals surface area contributed by atoms with E-state index in [0.29, 0.717) is 0 Å². The fourth-order valence-corrected chi connectivity index (χ4v) is 1.03. The third-order valence-corrected chi connectivity index (χ3v) is 1.76. The molecule has 0 aromatic carbocycles. The monoisotopic (exact) mass is 288 g/mol. The molecule has 2 atom stereocenters. The molecule has 5 N–H and O–H groups in total. The van der Waals surface area contributed by atoms with Crippen LogP contribution in [0.5, 0.6) is 0 Å². The number of nitrogens with one attached hydrogen (secondary N) is 1.